The van der Waals surface area contributed by atoms with Crippen LogP contribution in [0.2, 0.25) is 0 Å². The van der Waals surface area contributed by atoms with E-state index in [1.165, 1.54) is 17.3 Å². The third-order valence-corrected chi connectivity index (χ3v) is 4.59. The maximum Gasteiger partial charge on any atom is 0.255 e. The number of hydrogen-bond donors (Lipinski definition) is 1. The molecule has 5 aromatic rings. The van der Waals surface area contributed by atoms with Crippen molar-refractivity contribution < 1.29 is 0 Å². The van der Waals surface area contributed by atoms with E-state index in [0.717, 1.165) is 5.56 Å². The number of azo groups is 1. The lowest BCUT2D eigenvalue weighted by atomic mass is 10.2. The van der Waals surface area contributed by atoms with Gasteiger partial charge in [-0.1, -0.05) is 30.3 Å². The van der Waals surface area contributed by atoms with Crippen LogP contribution < -0.4 is 0 Å². The van der Waals surface area contributed by atoms with E-state index >= 15 is 0 Å². The minimum atomic E-state index is 0.216. The van der Waals surface area contributed by atoms with Crippen molar-refractivity contribution in [3.05, 3.63) is 59.9 Å². The molecule has 0 atom stereocenters. The molecule has 31 heavy (non-hydrogen) atoms. The highest BCUT2D eigenvalue weighted by Gasteiger charge is 2.20. The van der Waals surface area contributed by atoms with Gasteiger partial charge in [0.25, 0.3) is 5.95 Å². The minimum Gasteiger partial charge on any atom is -0.257 e. The maximum absolute atomic E-state index is 9.58. The van der Waals surface area contributed by atoms with Crippen LogP contribution in [0.15, 0.2) is 53.2 Å². The number of fused-ring (bicyclic) bond motifs is 1. The summed E-state index contributed by atoms with van der Waals surface area (Å²) < 4.78 is 3.04. The Balaban J connectivity index is 1.62. The van der Waals surface area contributed by atoms with E-state index in [1.54, 1.807) is 11.4 Å². The van der Waals surface area contributed by atoms with Crippen LogP contribution in [0.1, 0.15) is 17.0 Å². The Morgan fingerprint density at radius 1 is 1.00 bits per heavy atom. The van der Waals surface area contributed by atoms with Crippen LogP contribution in [-0.2, 0) is 0 Å². The third kappa shape index (κ3) is 3.01. The van der Waals surface area contributed by atoms with Gasteiger partial charge in [0.2, 0.25) is 0 Å². The zero-order valence-corrected chi connectivity index (χ0v) is 16.5. The van der Waals surface area contributed by atoms with Gasteiger partial charge in [0.15, 0.2) is 23.0 Å². The predicted molar refractivity (Wildman–Crippen MR) is 108 cm³/mol. The molecule has 0 aliphatic carbocycles. The van der Waals surface area contributed by atoms with Crippen molar-refractivity contribution in [2.24, 2.45) is 10.2 Å². The Morgan fingerprint density at radius 2 is 1.77 bits per heavy atom. The summed E-state index contributed by atoms with van der Waals surface area (Å²) in [6.07, 6.45) is 2.68. The van der Waals surface area contributed by atoms with Crippen LogP contribution in [-0.4, -0.2) is 44.5 Å². The number of nitriles is 1. The fourth-order valence-corrected chi connectivity index (χ4v) is 3.14. The van der Waals surface area contributed by atoms with Crippen LogP contribution in [0.4, 0.5) is 11.5 Å². The van der Waals surface area contributed by atoms with E-state index in [0.29, 0.717) is 28.5 Å². The Hall–Kier alpha value is -4.79. The average molecular weight is 410 g/mol. The van der Waals surface area contributed by atoms with Crippen molar-refractivity contribution in [2.75, 3.05) is 0 Å². The van der Waals surface area contributed by atoms with Crippen molar-refractivity contribution >= 4 is 17.2 Å². The number of benzene rings is 1. The Kier molecular flexibility index (Phi) is 4.26. The topological polar surface area (TPSA) is 151 Å². The van der Waals surface area contributed by atoms with Gasteiger partial charge in [-0.05, 0) is 13.8 Å². The molecule has 12 nitrogen and oxygen atoms in total. The highest BCUT2D eigenvalue weighted by atomic mass is 15.4. The molecule has 0 saturated carbocycles. The monoisotopic (exact) mass is 410 g/mol. The van der Waals surface area contributed by atoms with Gasteiger partial charge in [0.1, 0.15) is 24.3 Å². The quantitative estimate of drug-likeness (QED) is 0.447. The number of hydrogen-bond acceptors (Lipinski definition) is 9. The van der Waals surface area contributed by atoms with Gasteiger partial charge in [-0.15, -0.1) is 10.2 Å². The molecule has 0 aliphatic heterocycles. The summed E-state index contributed by atoms with van der Waals surface area (Å²) >= 11 is 0. The summed E-state index contributed by atoms with van der Waals surface area (Å²) in [6.45, 7) is 3.53. The second kappa shape index (κ2) is 7.23. The smallest absolute Gasteiger partial charge is 0.255 e. The minimum absolute atomic E-state index is 0.216. The number of aromatic nitrogens is 9. The van der Waals surface area contributed by atoms with E-state index < -0.39 is 0 Å². The van der Waals surface area contributed by atoms with Crippen molar-refractivity contribution in [2.45, 2.75) is 13.8 Å². The van der Waals surface area contributed by atoms with Crippen molar-refractivity contribution in [1.29, 1.82) is 5.26 Å². The lowest BCUT2D eigenvalue weighted by Crippen LogP contribution is -2.02. The number of nitrogens with zero attached hydrogens (tertiary/aromatic N) is 11. The summed E-state index contributed by atoms with van der Waals surface area (Å²) in [5.41, 5.74) is 3.41. The molecular formula is C19H14N12. The molecule has 0 fully saturated rings. The largest absolute Gasteiger partial charge is 0.257 e. The molecule has 1 aromatic carbocycles. The third-order valence-electron chi connectivity index (χ3n) is 4.59. The van der Waals surface area contributed by atoms with Crippen molar-refractivity contribution in [3.63, 3.8) is 0 Å². The number of aromatic amines is 1. The highest BCUT2D eigenvalue weighted by molar-refractivity contribution is 5.70. The van der Waals surface area contributed by atoms with E-state index in [-0.39, 0.29) is 17.3 Å². The maximum atomic E-state index is 9.58. The molecule has 12 heteroatoms. The molecule has 0 bridgehead atoms. The molecular weight excluding hydrogens is 396 g/mol. The van der Waals surface area contributed by atoms with Crippen LogP contribution in [0.5, 0.6) is 0 Å². The number of aryl methyl sites for hydroxylation is 2. The first-order valence-corrected chi connectivity index (χ1v) is 9.20. The molecule has 0 aliphatic rings. The molecule has 4 aromatic heterocycles. The first kappa shape index (κ1) is 18.3. The SMILES string of the molecule is Cc1nn(-c2ncncn2)c(/N=N/c2c(C)nn3c(-c4ccccc4)n[nH]c23)c1C#N. The van der Waals surface area contributed by atoms with E-state index in [2.05, 4.69) is 51.6 Å². The highest BCUT2D eigenvalue weighted by Crippen LogP contribution is 2.31. The average Bonchev–Trinajstić information content (AvgIpc) is 3.44. The molecule has 1 N–H and O–H groups in total. The predicted octanol–water partition coefficient (Wildman–Crippen LogP) is 3.00. The number of nitrogens with one attached hydrogen (secondary N) is 1. The van der Waals surface area contributed by atoms with Crippen molar-refractivity contribution in [1.82, 2.24) is 44.5 Å². The number of rotatable bonds is 4. The van der Waals surface area contributed by atoms with Gasteiger partial charge in [-0.2, -0.15) is 39.7 Å². The fourth-order valence-electron chi connectivity index (χ4n) is 3.14. The van der Waals surface area contributed by atoms with E-state index in [4.69, 9.17) is 0 Å². The molecule has 0 radical (unpaired) electrons. The Morgan fingerprint density at radius 3 is 2.52 bits per heavy atom. The van der Waals surface area contributed by atoms with Gasteiger partial charge in [0, 0.05) is 5.56 Å². The van der Waals surface area contributed by atoms with Crippen LogP contribution in [0.25, 0.3) is 23.0 Å². The van der Waals surface area contributed by atoms with Crippen molar-refractivity contribution in [3.8, 4) is 23.4 Å². The molecule has 0 saturated heterocycles. The molecule has 0 spiro atoms. The van der Waals surface area contributed by atoms with Crippen LogP contribution in [0, 0.1) is 25.2 Å². The first-order chi connectivity index (χ1) is 15.2. The Bertz CT molecular complexity index is 1450. The zero-order valence-electron chi connectivity index (χ0n) is 16.5. The fraction of sp³-hybridized carbons (Fsp3) is 0.105. The molecule has 0 unspecified atom stereocenters. The van der Waals surface area contributed by atoms with E-state index in [1.807, 2.05) is 37.3 Å². The Labute approximate surface area is 175 Å². The van der Waals surface area contributed by atoms with Crippen LogP contribution in [0.3, 0.4) is 0 Å². The lowest BCUT2D eigenvalue weighted by molar-refractivity contribution is 0.781. The van der Waals surface area contributed by atoms with Gasteiger partial charge in [0.05, 0.1) is 11.4 Å². The second-order valence-electron chi connectivity index (χ2n) is 6.55. The van der Waals surface area contributed by atoms with Gasteiger partial charge in [-0.3, -0.25) is 5.10 Å². The zero-order chi connectivity index (χ0) is 21.4. The van der Waals surface area contributed by atoms with Gasteiger partial charge in [-0.25, -0.2) is 4.98 Å². The summed E-state index contributed by atoms with van der Waals surface area (Å²) in [5, 5.41) is 34.5. The molecule has 4 heterocycles. The summed E-state index contributed by atoms with van der Waals surface area (Å²) in [7, 11) is 0. The number of H-pyrrole nitrogens is 1. The molecule has 150 valence electrons. The summed E-state index contributed by atoms with van der Waals surface area (Å²) in [4.78, 5) is 12.0. The molecule has 0 amide bonds. The second-order valence-corrected chi connectivity index (χ2v) is 6.55. The normalized spacial score (nSPS) is 11.4. The standard InChI is InChI=1S/C19H14N12/c1-11-14(8-20)17(31(28-11)19-22-9-21-10-23-19)26-24-15-12(2)29-30-16(25-27-18(15)30)13-6-4-3-5-7-13/h3-7,9-10,27H,1-2H3/b26-24+. The van der Waals surface area contributed by atoms with Gasteiger partial charge >= 0.3 is 0 Å². The summed E-state index contributed by atoms with van der Waals surface area (Å²) in [5.74, 6) is 1.11. The molecule has 5 rings (SSSR count). The van der Waals surface area contributed by atoms with Gasteiger partial charge < -0.3 is 0 Å². The lowest BCUT2D eigenvalue weighted by Gasteiger charge is -1.99. The first-order valence-electron chi connectivity index (χ1n) is 9.20. The van der Waals surface area contributed by atoms with E-state index in [9.17, 15) is 5.26 Å². The summed E-state index contributed by atoms with van der Waals surface area (Å²) in [6, 6.07) is 11.8. The van der Waals surface area contributed by atoms with Crippen LogP contribution >= 0.6 is 0 Å².